The van der Waals surface area contributed by atoms with Crippen LogP contribution in [0.5, 0.6) is 0 Å². The molecule has 164 valence electrons. The van der Waals surface area contributed by atoms with Gasteiger partial charge in [-0.15, -0.1) is 0 Å². The Balaban J connectivity index is 1.34. The molecule has 5 rings (SSSR count). The lowest BCUT2D eigenvalue weighted by Crippen LogP contribution is -2.41. The van der Waals surface area contributed by atoms with Crippen molar-refractivity contribution in [2.24, 2.45) is 0 Å². The van der Waals surface area contributed by atoms with Crippen LogP contribution in [-0.2, 0) is 11.3 Å². The Morgan fingerprint density at radius 1 is 1.06 bits per heavy atom. The molecule has 1 amide bonds. The van der Waals surface area contributed by atoms with Crippen LogP contribution in [0, 0.1) is 0 Å². The predicted molar refractivity (Wildman–Crippen MR) is 124 cm³/mol. The van der Waals surface area contributed by atoms with Crippen LogP contribution in [0.4, 0.5) is 0 Å². The van der Waals surface area contributed by atoms with Crippen molar-refractivity contribution in [2.45, 2.75) is 6.54 Å². The van der Waals surface area contributed by atoms with Crippen LogP contribution in [0.2, 0.25) is 0 Å². The quantitative estimate of drug-likeness (QED) is 0.491. The van der Waals surface area contributed by atoms with E-state index in [4.69, 9.17) is 4.74 Å². The van der Waals surface area contributed by atoms with Gasteiger partial charge in [0.05, 0.1) is 36.3 Å². The first-order valence-electron chi connectivity index (χ1n) is 11.0. The average Bonchev–Trinajstić information content (AvgIpc) is 3.45. The number of pyridine rings is 1. The number of amides is 1. The summed E-state index contributed by atoms with van der Waals surface area (Å²) in [6, 6.07) is 18.1. The Labute approximate surface area is 187 Å². The molecule has 7 heteroatoms. The largest absolute Gasteiger partial charge is 0.379 e. The fourth-order valence-corrected chi connectivity index (χ4v) is 4.15. The number of ether oxygens (including phenoxy) is 1. The molecule has 4 aromatic rings. The highest BCUT2D eigenvalue weighted by atomic mass is 16.5. The molecule has 0 bridgehead atoms. The van der Waals surface area contributed by atoms with Gasteiger partial charge in [0.25, 0.3) is 5.91 Å². The standard InChI is InChI=1S/C25H27N5O2/c31-25(26-9-11-28-12-14-32-15-13-28)21-16-24(30-10-5-4-8-23(21)30)22-18-29(19-27-22)17-20-6-2-1-3-7-20/h1-8,10,16,18-19H,9,11-15,17H2,(H,26,31). The van der Waals surface area contributed by atoms with E-state index in [0.717, 1.165) is 56.3 Å². The Morgan fingerprint density at radius 2 is 1.88 bits per heavy atom. The van der Waals surface area contributed by atoms with Gasteiger partial charge in [0.2, 0.25) is 0 Å². The van der Waals surface area contributed by atoms with Crippen LogP contribution in [0.25, 0.3) is 16.9 Å². The first kappa shape index (κ1) is 20.5. The average molecular weight is 430 g/mol. The van der Waals surface area contributed by atoms with Crippen molar-refractivity contribution in [3.8, 4) is 11.4 Å². The van der Waals surface area contributed by atoms with Crippen LogP contribution in [0.15, 0.2) is 73.3 Å². The van der Waals surface area contributed by atoms with Crippen molar-refractivity contribution >= 4 is 11.4 Å². The minimum absolute atomic E-state index is 0.0584. The summed E-state index contributed by atoms with van der Waals surface area (Å²) in [6.45, 7) is 5.56. The summed E-state index contributed by atoms with van der Waals surface area (Å²) in [5.74, 6) is -0.0584. The molecule has 0 atom stereocenters. The molecular weight excluding hydrogens is 402 g/mol. The van der Waals surface area contributed by atoms with E-state index < -0.39 is 0 Å². The van der Waals surface area contributed by atoms with E-state index in [0.29, 0.717) is 12.1 Å². The number of nitrogens with zero attached hydrogens (tertiary/aromatic N) is 4. The maximum atomic E-state index is 13.0. The van der Waals surface area contributed by atoms with E-state index >= 15 is 0 Å². The molecule has 7 nitrogen and oxygen atoms in total. The highest BCUT2D eigenvalue weighted by Crippen LogP contribution is 2.25. The van der Waals surface area contributed by atoms with E-state index in [1.807, 2.05) is 65.6 Å². The van der Waals surface area contributed by atoms with Gasteiger partial charge in [0.15, 0.2) is 0 Å². The summed E-state index contributed by atoms with van der Waals surface area (Å²) in [4.78, 5) is 19.9. The molecule has 0 aliphatic carbocycles. The zero-order valence-corrected chi connectivity index (χ0v) is 18.0. The van der Waals surface area contributed by atoms with Crippen molar-refractivity contribution < 1.29 is 9.53 Å². The number of aromatic nitrogens is 3. The molecule has 1 aromatic carbocycles. The third kappa shape index (κ3) is 4.44. The third-order valence-corrected chi connectivity index (χ3v) is 5.84. The van der Waals surface area contributed by atoms with Crippen LogP contribution in [0.3, 0.4) is 0 Å². The van der Waals surface area contributed by atoms with Gasteiger partial charge in [-0.1, -0.05) is 36.4 Å². The molecule has 32 heavy (non-hydrogen) atoms. The minimum atomic E-state index is -0.0584. The van der Waals surface area contributed by atoms with Gasteiger partial charge in [-0.25, -0.2) is 4.98 Å². The lowest BCUT2D eigenvalue weighted by Gasteiger charge is -2.26. The maximum absolute atomic E-state index is 13.0. The molecule has 1 aliphatic rings. The van der Waals surface area contributed by atoms with Gasteiger partial charge in [-0.05, 0) is 23.8 Å². The van der Waals surface area contributed by atoms with Crippen LogP contribution in [-0.4, -0.2) is 64.2 Å². The van der Waals surface area contributed by atoms with Gasteiger partial charge in [0.1, 0.15) is 5.69 Å². The Hall–Kier alpha value is -3.42. The van der Waals surface area contributed by atoms with Gasteiger partial charge in [0, 0.05) is 45.1 Å². The van der Waals surface area contributed by atoms with E-state index in [-0.39, 0.29) is 5.91 Å². The second-order valence-corrected chi connectivity index (χ2v) is 8.03. The fraction of sp³-hybridized carbons (Fsp3) is 0.280. The molecule has 0 spiro atoms. The van der Waals surface area contributed by atoms with Crippen molar-refractivity contribution in [1.82, 2.24) is 24.2 Å². The van der Waals surface area contributed by atoms with Gasteiger partial charge >= 0.3 is 0 Å². The topological polar surface area (TPSA) is 63.8 Å². The number of hydrogen-bond acceptors (Lipinski definition) is 4. The highest BCUT2D eigenvalue weighted by molar-refractivity contribution is 6.02. The first-order chi connectivity index (χ1) is 15.8. The molecule has 1 N–H and O–H groups in total. The second-order valence-electron chi connectivity index (χ2n) is 8.03. The second kappa shape index (κ2) is 9.38. The Kier molecular flexibility index (Phi) is 6.00. The first-order valence-corrected chi connectivity index (χ1v) is 11.0. The lowest BCUT2D eigenvalue weighted by atomic mass is 10.2. The van der Waals surface area contributed by atoms with Crippen molar-refractivity contribution in [3.05, 3.63) is 84.4 Å². The monoisotopic (exact) mass is 429 g/mol. The van der Waals surface area contributed by atoms with Crippen molar-refractivity contribution in [2.75, 3.05) is 39.4 Å². The number of nitrogens with one attached hydrogen (secondary N) is 1. The number of carbonyl (C=O) groups is 1. The molecule has 0 radical (unpaired) electrons. The SMILES string of the molecule is O=C(NCCN1CCOCC1)c1cc(-c2cn(Cc3ccccc3)cn2)n2ccccc12. The number of benzene rings is 1. The number of fused-ring (bicyclic) bond motifs is 1. The number of carbonyl (C=O) groups excluding carboxylic acids is 1. The molecule has 1 saturated heterocycles. The number of hydrogen-bond donors (Lipinski definition) is 1. The molecule has 3 aromatic heterocycles. The van der Waals surface area contributed by atoms with Crippen molar-refractivity contribution in [3.63, 3.8) is 0 Å². The summed E-state index contributed by atoms with van der Waals surface area (Å²) in [6.07, 6.45) is 5.85. The predicted octanol–water partition coefficient (Wildman–Crippen LogP) is 2.91. The smallest absolute Gasteiger partial charge is 0.253 e. The molecule has 0 saturated carbocycles. The van der Waals surface area contributed by atoms with E-state index in [2.05, 4.69) is 31.9 Å². The van der Waals surface area contributed by atoms with Gasteiger partial charge in [-0.2, -0.15) is 0 Å². The zero-order valence-electron chi connectivity index (χ0n) is 18.0. The van der Waals surface area contributed by atoms with Crippen LogP contribution < -0.4 is 5.32 Å². The lowest BCUT2D eigenvalue weighted by molar-refractivity contribution is 0.0383. The summed E-state index contributed by atoms with van der Waals surface area (Å²) >= 11 is 0. The van der Waals surface area contributed by atoms with Crippen molar-refractivity contribution in [1.29, 1.82) is 0 Å². The summed E-state index contributed by atoms with van der Waals surface area (Å²) < 4.78 is 9.48. The van der Waals surface area contributed by atoms with Crippen LogP contribution in [0.1, 0.15) is 15.9 Å². The normalized spacial score (nSPS) is 14.6. The summed E-state index contributed by atoms with van der Waals surface area (Å²) in [7, 11) is 0. The molecule has 4 heterocycles. The Bertz CT molecular complexity index is 1190. The van der Waals surface area contributed by atoms with Gasteiger partial charge in [-0.3, -0.25) is 9.69 Å². The molecule has 0 unspecified atom stereocenters. The highest BCUT2D eigenvalue weighted by Gasteiger charge is 2.18. The van der Waals surface area contributed by atoms with E-state index in [1.165, 1.54) is 5.56 Å². The third-order valence-electron chi connectivity index (χ3n) is 5.84. The molecular formula is C25H27N5O2. The number of morpholine rings is 1. The minimum Gasteiger partial charge on any atom is -0.379 e. The Morgan fingerprint density at radius 3 is 2.72 bits per heavy atom. The molecule has 1 fully saturated rings. The number of rotatable bonds is 7. The molecule has 1 aliphatic heterocycles. The van der Waals surface area contributed by atoms with Gasteiger partial charge < -0.3 is 19.0 Å². The van der Waals surface area contributed by atoms with E-state index in [1.54, 1.807) is 0 Å². The fourth-order valence-electron chi connectivity index (χ4n) is 4.15. The zero-order chi connectivity index (χ0) is 21.8. The van der Waals surface area contributed by atoms with E-state index in [9.17, 15) is 4.79 Å². The summed E-state index contributed by atoms with van der Waals surface area (Å²) in [5.41, 5.74) is 4.52. The maximum Gasteiger partial charge on any atom is 0.253 e. The van der Waals surface area contributed by atoms with Crippen LogP contribution >= 0.6 is 0 Å². The number of imidazole rings is 1. The summed E-state index contributed by atoms with van der Waals surface area (Å²) in [5, 5.41) is 3.08.